The van der Waals surface area contributed by atoms with Gasteiger partial charge < -0.3 is 19.9 Å². The Kier molecular flexibility index (Phi) is 6.85. The van der Waals surface area contributed by atoms with E-state index in [0.717, 1.165) is 31.2 Å². The largest absolute Gasteiger partial charge is 0.444 e. The first-order valence-electron chi connectivity index (χ1n) is 9.05. The average Bonchev–Trinajstić information content (AvgIpc) is 2.58. The lowest BCUT2D eigenvalue weighted by molar-refractivity contribution is 0.0482. The summed E-state index contributed by atoms with van der Waals surface area (Å²) in [5, 5.41) is 12.3. The molecule has 2 N–H and O–H groups in total. The number of rotatable bonds is 5. The maximum Gasteiger partial charge on any atom is 0.408 e. The molecular formula is C20H31NO4. The second-order valence-electron chi connectivity index (χ2n) is 7.76. The van der Waals surface area contributed by atoms with E-state index in [0.29, 0.717) is 12.0 Å². The Balaban J connectivity index is 1.96. The molecule has 0 saturated heterocycles. The van der Waals surface area contributed by atoms with Gasteiger partial charge in [-0.1, -0.05) is 24.3 Å². The van der Waals surface area contributed by atoms with Gasteiger partial charge in [0.1, 0.15) is 5.60 Å². The minimum absolute atomic E-state index is 0.169. The highest BCUT2D eigenvalue weighted by atomic mass is 16.6. The first kappa shape index (κ1) is 19.7. The first-order chi connectivity index (χ1) is 11.8. The summed E-state index contributed by atoms with van der Waals surface area (Å²) < 4.78 is 10.7. The minimum atomic E-state index is -0.561. The van der Waals surface area contributed by atoms with Gasteiger partial charge in [-0.3, -0.25) is 0 Å². The van der Waals surface area contributed by atoms with E-state index in [4.69, 9.17) is 9.47 Å². The van der Waals surface area contributed by atoms with Gasteiger partial charge in [0, 0.05) is 7.11 Å². The van der Waals surface area contributed by atoms with Gasteiger partial charge in [-0.15, -0.1) is 0 Å². The monoisotopic (exact) mass is 349 g/mol. The van der Waals surface area contributed by atoms with Gasteiger partial charge in [-0.25, -0.2) is 4.79 Å². The normalized spacial score (nSPS) is 22.3. The van der Waals surface area contributed by atoms with Crippen molar-refractivity contribution in [2.24, 2.45) is 0 Å². The van der Waals surface area contributed by atoms with Crippen LogP contribution in [0.2, 0.25) is 0 Å². The zero-order chi connectivity index (χ0) is 18.4. The van der Waals surface area contributed by atoms with E-state index in [1.165, 1.54) is 5.56 Å². The van der Waals surface area contributed by atoms with Crippen molar-refractivity contribution in [1.82, 2.24) is 5.32 Å². The molecule has 1 aromatic carbocycles. The van der Waals surface area contributed by atoms with Crippen molar-refractivity contribution < 1.29 is 19.4 Å². The number of hydrogen-bond donors (Lipinski definition) is 2. The Bertz CT molecular complexity index is 542. The molecule has 1 aliphatic rings. The second kappa shape index (κ2) is 8.68. The molecule has 0 bridgehead atoms. The van der Waals surface area contributed by atoms with Gasteiger partial charge in [0.15, 0.2) is 0 Å². The third kappa shape index (κ3) is 6.01. The number of aliphatic hydroxyl groups excluding tert-OH is 1. The Morgan fingerprint density at radius 3 is 2.28 bits per heavy atom. The van der Waals surface area contributed by atoms with Crippen LogP contribution >= 0.6 is 0 Å². The van der Waals surface area contributed by atoms with Crippen molar-refractivity contribution in [2.75, 3.05) is 13.7 Å². The van der Waals surface area contributed by atoms with E-state index in [9.17, 15) is 9.90 Å². The van der Waals surface area contributed by atoms with Crippen LogP contribution in [0, 0.1) is 0 Å². The molecule has 0 radical (unpaired) electrons. The number of aliphatic hydroxyl groups is 1. The summed E-state index contributed by atoms with van der Waals surface area (Å²) in [6.45, 7) is 5.27. The van der Waals surface area contributed by atoms with Gasteiger partial charge in [0.2, 0.25) is 0 Å². The third-order valence-electron chi connectivity index (χ3n) is 4.69. The number of ether oxygens (including phenoxy) is 2. The molecule has 0 aliphatic heterocycles. The molecule has 1 aliphatic carbocycles. The van der Waals surface area contributed by atoms with E-state index >= 15 is 0 Å². The van der Waals surface area contributed by atoms with Gasteiger partial charge >= 0.3 is 6.09 Å². The van der Waals surface area contributed by atoms with Crippen LogP contribution < -0.4 is 5.32 Å². The summed E-state index contributed by atoms with van der Waals surface area (Å²) in [6, 6.07) is 7.71. The molecule has 0 heterocycles. The van der Waals surface area contributed by atoms with Crippen LogP contribution in [-0.2, 0) is 9.47 Å². The topological polar surface area (TPSA) is 67.8 Å². The molecular weight excluding hydrogens is 318 g/mol. The van der Waals surface area contributed by atoms with Gasteiger partial charge in [-0.2, -0.15) is 0 Å². The molecule has 2 rings (SSSR count). The van der Waals surface area contributed by atoms with Crippen LogP contribution in [0.25, 0.3) is 0 Å². The molecule has 1 saturated carbocycles. The minimum Gasteiger partial charge on any atom is -0.444 e. The Morgan fingerprint density at radius 1 is 1.20 bits per heavy atom. The number of alkyl carbamates (subject to hydrolysis) is 1. The van der Waals surface area contributed by atoms with Gasteiger partial charge in [-0.05, 0) is 63.5 Å². The molecule has 0 aromatic heterocycles. The number of hydrogen-bond acceptors (Lipinski definition) is 4. The molecule has 1 amide bonds. The highest BCUT2D eigenvalue weighted by Crippen LogP contribution is 2.34. The van der Waals surface area contributed by atoms with E-state index in [1.807, 2.05) is 32.9 Å². The lowest BCUT2D eigenvalue weighted by Crippen LogP contribution is -2.36. The lowest BCUT2D eigenvalue weighted by Gasteiger charge is -2.28. The summed E-state index contributed by atoms with van der Waals surface area (Å²) in [5.41, 5.74) is 1.63. The molecule has 1 fully saturated rings. The number of nitrogens with one attached hydrogen (secondary N) is 1. The maximum atomic E-state index is 11.9. The number of carbonyl (C=O) groups excluding carboxylic acids is 1. The fraction of sp³-hybridized carbons (Fsp3) is 0.650. The number of methoxy groups -OCH3 is 1. The second-order valence-corrected chi connectivity index (χ2v) is 7.76. The highest BCUT2D eigenvalue weighted by molar-refractivity contribution is 5.68. The van der Waals surface area contributed by atoms with E-state index in [1.54, 1.807) is 7.11 Å². The summed E-state index contributed by atoms with van der Waals surface area (Å²) >= 11 is 0. The predicted molar refractivity (Wildman–Crippen MR) is 97.6 cm³/mol. The summed E-state index contributed by atoms with van der Waals surface area (Å²) in [6.07, 6.45) is 4.35. The highest BCUT2D eigenvalue weighted by Gasteiger charge is 2.23. The Morgan fingerprint density at radius 2 is 1.80 bits per heavy atom. The maximum absolute atomic E-state index is 11.9. The van der Waals surface area contributed by atoms with Crippen LogP contribution in [0.4, 0.5) is 4.79 Å². The summed E-state index contributed by atoms with van der Waals surface area (Å²) in [4.78, 5) is 11.9. The molecule has 0 spiro atoms. The fourth-order valence-corrected chi connectivity index (χ4v) is 3.32. The summed E-state index contributed by atoms with van der Waals surface area (Å²) in [7, 11) is 1.78. The van der Waals surface area contributed by atoms with Crippen molar-refractivity contribution in [3.63, 3.8) is 0 Å². The molecule has 5 heteroatoms. The van der Waals surface area contributed by atoms with Crippen molar-refractivity contribution in [3.05, 3.63) is 35.4 Å². The number of amides is 1. The van der Waals surface area contributed by atoms with E-state index in [2.05, 4.69) is 17.4 Å². The van der Waals surface area contributed by atoms with Crippen LogP contribution in [0.15, 0.2) is 24.3 Å². The number of benzene rings is 1. The van der Waals surface area contributed by atoms with Crippen LogP contribution in [0.5, 0.6) is 0 Å². The molecule has 5 nitrogen and oxygen atoms in total. The smallest absolute Gasteiger partial charge is 0.408 e. The molecule has 1 atom stereocenters. The predicted octanol–water partition coefficient (Wildman–Crippen LogP) is 3.92. The number of carbonyl (C=O) groups is 1. The quantitative estimate of drug-likeness (QED) is 0.845. The third-order valence-corrected chi connectivity index (χ3v) is 4.69. The van der Waals surface area contributed by atoms with Crippen molar-refractivity contribution in [2.45, 2.75) is 70.1 Å². The lowest BCUT2D eigenvalue weighted by atomic mass is 9.82. The van der Waals surface area contributed by atoms with Gasteiger partial charge in [0.05, 0.1) is 18.8 Å². The van der Waals surface area contributed by atoms with Gasteiger partial charge in [0.25, 0.3) is 0 Å². The van der Waals surface area contributed by atoms with Crippen LogP contribution in [0.3, 0.4) is 0 Å². The molecule has 25 heavy (non-hydrogen) atoms. The summed E-state index contributed by atoms with van der Waals surface area (Å²) in [5.74, 6) is 0.562. The van der Waals surface area contributed by atoms with E-state index in [-0.39, 0.29) is 6.61 Å². The zero-order valence-electron chi connectivity index (χ0n) is 15.7. The van der Waals surface area contributed by atoms with Crippen molar-refractivity contribution in [1.29, 1.82) is 0 Å². The Hall–Kier alpha value is -1.59. The SMILES string of the molecule is COC1CCC(c2ccc(C(CO)NC(=O)OC(C)(C)C)cc2)CC1. The zero-order valence-corrected chi connectivity index (χ0v) is 15.7. The molecule has 1 unspecified atom stereocenters. The Labute approximate surface area is 150 Å². The average molecular weight is 349 g/mol. The van der Waals surface area contributed by atoms with Crippen molar-refractivity contribution in [3.8, 4) is 0 Å². The molecule has 1 aromatic rings. The fourth-order valence-electron chi connectivity index (χ4n) is 3.32. The first-order valence-corrected chi connectivity index (χ1v) is 9.05. The van der Waals surface area contributed by atoms with E-state index < -0.39 is 17.7 Å². The van der Waals surface area contributed by atoms with Crippen molar-refractivity contribution >= 4 is 6.09 Å². The van der Waals surface area contributed by atoms with Crippen LogP contribution in [-0.4, -0.2) is 36.6 Å². The van der Waals surface area contributed by atoms with Crippen LogP contribution in [0.1, 0.15) is 69.5 Å². The standard InChI is InChI=1S/C20H31NO4/c1-20(2,3)25-19(23)21-18(13-22)16-7-5-14(6-8-16)15-9-11-17(24-4)12-10-15/h5-8,15,17-18,22H,9-13H2,1-4H3,(H,21,23). The molecule has 140 valence electrons.